The van der Waals surface area contributed by atoms with Gasteiger partial charge in [-0.2, -0.15) is 0 Å². The van der Waals surface area contributed by atoms with Gasteiger partial charge >= 0.3 is 0 Å². The number of benzene rings is 3. The van der Waals surface area contributed by atoms with Crippen molar-refractivity contribution >= 4 is 46.2 Å². The van der Waals surface area contributed by atoms with Crippen molar-refractivity contribution in [3.05, 3.63) is 82.9 Å². The van der Waals surface area contributed by atoms with Crippen LogP contribution in [0.1, 0.15) is 31.0 Å². The Morgan fingerprint density at radius 1 is 1.20 bits per heavy atom. The van der Waals surface area contributed by atoms with E-state index in [4.69, 9.17) is 33.3 Å². The SMILES string of the molecule is CCOc1cccc2c1OC1(C)C(C(=O)Nc3ccc(Cl)cc3)C2NC(=S)N1c1cccc(C)c1. The molecular weight excluding hydrogens is 482 g/mol. The maximum Gasteiger partial charge on any atom is 0.236 e. The first-order chi connectivity index (χ1) is 16.8. The molecule has 0 spiro atoms. The number of para-hydroxylation sites is 1. The molecule has 3 atom stereocenters. The third kappa shape index (κ3) is 4.09. The van der Waals surface area contributed by atoms with Crippen molar-refractivity contribution in [2.45, 2.75) is 32.5 Å². The second-order valence-electron chi connectivity index (χ2n) is 8.84. The molecule has 1 fully saturated rings. The van der Waals surface area contributed by atoms with Crippen LogP contribution in [0.2, 0.25) is 5.02 Å². The van der Waals surface area contributed by atoms with Gasteiger partial charge < -0.3 is 20.1 Å². The van der Waals surface area contributed by atoms with E-state index in [0.29, 0.717) is 33.9 Å². The molecular formula is C27H26ClN3O3S. The summed E-state index contributed by atoms with van der Waals surface area (Å²) < 4.78 is 12.6. The van der Waals surface area contributed by atoms with Crippen LogP contribution < -0.4 is 25.0 Å². The molecule has 0 aromatic heterocycles. The highest BCUT2D eigenvalue weighted by Gasteiger charge is 2.59. The van der Waals surface area contributed by atoms with Crippen LogP contribution in [0.3, 0.4) is 0 Å². The fourth-order valence-electron chi connectivity index (χ4n) is 4.95. The highest BCUT2D eigenvalue weighted by atomic mass is 35.5. The summed E-state index contributed by atoms with van der Waals surface area (Å²) in [6.45, 7) is 6.35. The van der Waals surface area contributed by atoms with Crippen LogP contribution in [0.4, 0.5) is 11.4 Å². The number of hydrogen-bond acceptors (Lipinski definition) is 4. The zero-order chi connectivity index (χ0) is 24.7. The number of anilines is 2. The standard InChI is InChI=1S/C27H26ClN3O3S/c1-4-33-21-10-6-9-20-23-22(25(32)29-18-13-11-17(28)12-14-18)27(3,34-24(20)21)31(26(35)30-23)19-8-5-7-16(2)15-19/h5-15,22-23H,4H2,1-3H3,(H,29,32)(H,30,35). The highest BCUT2D eigenvalue weighted by molar-refractivity contribution is 7.80. The van der Waals surface area contributed by atoms with Crippen LogP contribution >= 0.6 is 23.8 Å². The second-order valence-corrected chi connectivity index (χ2v) is 9.66. The summed E-state index contributed by atoms with van der Waals surface area (Å²) >= 11 is 11.9. The first-order valence-electron chi connectivity index (χ1n) is 11.5. The molecule has 1 saturated heterocycles. The lowest BCUT2D eigenvalue weighted by Crippen LogP contribution is -2.72. The second kappa shape index (κ2) is 9.06. The van der Waals surface area contributed by atoms with Gasteiger partial charge in [-0.25, -0.2) is 0 Å². The number of halogens is 1. The van der Waals surface area contributed by atoms with E-state index in [1.54, 1.807) is 24.3 Å². The maximum absolute atomic E-state index is 13.9. The minimum Gasteiger partial charge on any atom is -0.490 e. The van der Waals surface area contributed by atoms with Crippen LogP contribution in [0.25, 0.3) is 0 Å². The number of amides is 1. The average Bonchev–Trinajstić information content (AvgIpc) is 2.81. The van der Waals surface area contributed by atoms with Crippen molar-refractivity contribution in [2.24, 2.45) is 5.92 Å². The summed E-state index contributed by atoms with van der Waals surface area (Å²) in [5.74, 6) is 0.413. The van der Waals surface area contributed by atoms with E-state index >= 15 is 0 Å². The Balaban J connectivity index is 1.64. The molecule has 2 N–H and O–H groups in total. The van der Waals surface area contributed by atoms with E-state index in [-0.39, 0.29) is 5.91 Å². The van der Waals surface area contributed by atoms with Gasteiger partial charge in [0, 0.05) is 22.0 Å². The summed E-state index contributed by atoms with van der Waals surface area (Å²) in [6, 6.07) is 20.3. The van der Waals surface area contributed by atoms with E-state index < -0.39 is 17.7 Å². The number of fused-ring (bicyclic) bond motifs is 4. The summed E-state index contributed by atoms with van der Waals surface area (Å²) in [7, 11) is 0. The molecule has 3 aromatic carbocycles. The Morgan fingerprint density at radius 3 is 2.66 bits per heavy atom. The molecule has 0 radical (unpaired) electrons. The lowest BCUT2D eigenvalue weighted by molar-refractivity contribution is -0.130. The van der Waals surface area contributed by atoms with Crippen LogP contribution in [0, 0.1) is 12.8 Å². The number of ether oxygens (including phenoxy) is 2. The lowest BCUT2D eigenvalue weighted by Gasteiger charge is -2.56. The smallest absolute Gasteiger partial charge is 0.236 e. The van der Waals surface area contributed by atoms with Gasteiger partial charge in [-0.15, -0.1) is 0 Å². The number of nitrogens with one attached hydrogen (secondary N) is 2. The van der Waals surface area contributed by atoms with E-state index in [1.807, 2.05) is 68.1 Å². The maximum atomic E-state index is 13.9. The molecule has 2 aliphatic heterocycles. The van der Waals surface area contributed by atoms with E-state index in [1.165, 1.54) is 0 Å². The van der Waals surface area contributed by atoms with Gasteiger partial charge in [0.1, 0.15) is 5.92 Å². The minimum absolute atomic E-state index is 0.195. The van der Waals surface area contributed by atoms with E-state index in [2.05, 4.69) is 10.6 Å². The number of thiocarbonyl (C=S) groups is 1. The molecule has 35 heavy (non-hydrogen) atoms. The Labute approximate surface area is 215 Å². The van der Waals surface area contributed by atoms with Crippen LogP contribution in [-0.4, -0.2) is 23.4 Å². The summed E-state index contributed by atoms with van der Waals surface area (Å²) in [6.07, 6.45) is 0. The predicted octanol–water partition coefficient (Wildman–Crippen LogP) is 5.85. The quantitative estimate of drug-likeness (QED) is 0.423. The van der Waals surface area contributed by atoms with Gasteiger partial charge in [0.05, 0.1) is 12.6 Å². The first-order valence-corrected chi connectivity index (χ1v) is 12.3. The number of carbonyl (C=O) groups is 1. The van der Waals surface area contributed by atoms with Crippen molar-refractivity contribution < 1.29 is 14.3 Å². The van der Waals surface area contributed by atoms with Gasteiger partial charge in [0.2, 0.25) is 5.91 Å². The summed E-state index contributed by atoms with van der Waals surface area (Å²) in [5, 5.41) is 7.57. The fraction of sp³-hybridized carbons (Fsp3) is 0.259. The predicted molar refractivity (Wildman–Crippen MR) is 142 cm³/mol. The molecule has 1 amide bonds. The van der Waals surface area contributed by atoms with Crippen molar-refractivity contribution in [3.63, 3.8) is 0 Å². The molecule has 2 bridgehead atoms. The molecule has 2 aliphatic rings. The molecule has 0 aliphatic carbocycles. The molecule has 6 nitrogen and oxygen atoms in total. The number of aryl methyl sites for hydroxylation is 1. The largest absolute Gasteiger partial charge is 0.490 e. The first kappa shape index (κ1) is 23.5. The van der Waals surface area contributed by atoms with Gasteiger partial charge in [-0.05, 0) is 81.0 Å². The van der Waals surface area contributed by atoms with Crippen molar-refractivity contribution in [1.82, 2.24) is 5.32 Å². The zero-order valence-electron chi connectivity index (χ0n) is 19.7. The molecule has 0 saturated carbocycles. The molecule has 5 rings (SSSR count). The highest BCUT2D eigenvalue weighted by Crippen LogP contribution is 2.52. The van der Waals surface area contributed by atoms with Crippen LogP contribution in [0.5, 0.6) is 11.5 Å². The lowest BCUT2D eigenvalue weighted by atomic mass is 9.78. The summed E-state index contributed by atoms with van der Waals surface area (Å²) in [4.78, 5) is 15.8. The fourth-order valence-corrected chi connectivity index (χ4v) is 5.49. The van der Waals surface area contributed by atoms with Crippen molar-refractivity contribution in [2.75, 3.05) is 16.8 Å². The van der Waals surface area contributed by atoms with Gasteiger partial charge in [0.15, 0.2) is 22.3 Å². The monoisotopic (exact) mass is 507 g/mol. The van der Waals surface area contributed by atoms with Crippen LogP contribution in [0.15, 0.2) is 66.7 Å². The number of rotatable bonds is 5. The molecule has 2 heterocycles. The minimum atomic E-state index is -1.13. The number of carbonyl (C=O) groups excluding carboxylic acids is 1. The van der Waals surface area contributed by atoms with Crippen molar-refractivity contribution in [1.29, 1.82) is 0 Å². The molecule has 3 aromatic rings. The summed E-state index contributed by atoms with van der Waals surface area (Å²) in [5.41, 5.74) is 2.27. The van der Waals surface area contributed by atoms with Gasteiger partial charge in [0.25, 0.3) is 0 Å². The van der Waals surface area contributed by atoms with E-state index in [9.17, 15) is 4.79 Å². The van der Waals surface area contributed by atoms with E-state index in [0.717, 1.165) is 16.8 Å². The Kier molecular flexibility index (Phi) is 6.07. The average molecular weight is 508 g/mol. The van der Waals surface area contributed by atoms with Gasteiger partial charge in [-0.1, -0.05) is 35.9 Å². The van der Waals surface area contributed by atoms with Gasteiger partial charge in [-0.3, -0.25) is 9.69 Å². The zero-order valence-corrected chi connectivity index (χ0v) is 21.2. The third-order valence-corrected chi connectivity index (χ3v) is 7.00. The topological polar surface area (TPSA) is 62.8 Å². The number of nitrogens with zero attached hydrogens (tertiary/aromatic N) is 1. The molecule has 8 heteroatoms. The number of hydrogen-bond donors (Lipinski definition) is 2. The Morgan fingerprint density at radius 2 is 1.94 bits per heavy atom. The normalized spacial score (nSPS) is 22.5. The van der Waals surface area contributed by atoms with Crippen LogP contribution in [-0.2, 0) is 4.79 Å². The molecule has 180 valence electrons. The van der Waals surface area contributed by atoms with Crippen molar-refractivity contribution in [3.8, 4) is 11.5 Å². The Bertz CT molecular complexity index is 1300. The molecule has 3 unspecified atom stereocenters. The Hall–Kier alpha value is -3.29. The third-order valence-electron chi connectivity index (χ3n) is 6.44.